The van der Waals surface area contributed by atoms with Gasteiger partial charge < -0.3 is 9.47 Å². The van der Waals surface area contributed by atoms with Crippen LogP contribution >= 0.6 is 0 Å². The van der Waals surface area contributed by atoms with E-state index in [9.17, 15) is 9.59 Å². The van der Waals surface area contributed by atoms with E-state index in [1.165, 1.54) is 6.92 Å². The molecule has 1 amide bonds. The number of esters is 1. The van der Waals surface area contributed by atoms with Crippen molar-refractivity contribution in [1.29, 1.82) is 0 Å². The van der Waals surface area contributed by atoms with Crippen molar-refractivity contribution < 1.29 is 19.1 Å². The molecule has 0 aliphatic carbocycles. The van der Waals surface area contributed by atoms with Gasteiger partial charge in [-0.15, -0.1) is 0 Å². The monoisotopic (exact) mass is 255 g/mol. The summed E-state index contributed by atoms with van der Waals surface area (Å²) in [5, 5.41) is 0. The molecule has 18 heavy (non-hydrogen) atoms. The summed E-state index contributed by atoms with van der Waals surface area (Å²) in [6.07, 6.45) is 2.16. The molecule has 0 aromatic heterocycles. The van der Waals surface area contributed by atoms with Gasteiger partial charge in [0.05, 0.1) is 6.04 Å². The fourth-order valence-corrected chi connectivity index (χ4v) is 2.87. The fourth-order valence-electron chi connectivity index (χ4n) is 2.87. The minimum absolute atomic E-state index is 0.00579. The summed E-state index contributed by atoms with van der Waals surface area (Å²) < 4.78 is 10.7. The molecular formula is C13H21NO4. The zero-order valence-corrected chi connectivity index (χ0v) is 11.4. The molecular weight excluding hydrogens is 234 g/mol. The molecule has 2 heterocycles. The zero-order valence-electron chi connectivity index (χ0n) is 11.4. The van der Waals surface area contributed by atoms with Crippen LogP contribution in [0.4, 0.5) is 4.79 Å². The number of carbonyl (C=O) groups is 2. The molecule has 2 bridgehead atoms. The van der Waals surface area contributed by atoms with Crippen LogP contribution in [0.1, 0.15) is 47.0 Å². The van der Waals surface area contributed by atoms with E-state index >= 15 is 0 Å². The fraction of sp³-hybridized carbons (Fsp3) is 0.846. The topological polar surface area (TPSA) is 55.8 Å². The summed E-state index contributed by atoms with van der Waals surface area (Å²) in [6.45, 7) is 6.97. The Kier molecular flexibility index (Phi) is 3.25. The Bertz CT molecular complexity index is 360. The lowest BCUT2D eigenvalue weighted by Crippen LogP contribution is -2.41. The van der Waals surface area contributed by atoms with Gasteiger partial charge in [0.2, 0.25) is 0 Å². The molecule has 0 spiro atoms. The predicted molar refractivity (Wildman–Crippen MR) is 65.1 cm³/mol. The number of nitrogens with zero attached hydrogens (tertiary/aromatic N) is 1. The van der Waals surface area contributed by atoms with Crippen molar-refractivity contribution in [2.75, 3.05) is 0 Å². The van der Waals surface area contributed by atoms with Gasteiger partial charge in [0.15, 0.2) is 0 Å². The average Bonchev–Trinajstić information content (AvgIpc) is 2.69. The first-order valence-corrected chi connectivity index (χ1v) is 6.46. The van der Waals surface area contributed by atoms with Crippen LogP contribution in [0.15, 0.2) is 0 Å². The SMILES string of the molecule is CC(=O)OC1CC2CCC1N2C(=O)OC(C)(C)C. The molecule has 3 unspecified atom stereocenters. The van der Waals surface area contributed by atoms with Gasteiger partial charge in [-0.3, -0.25) is 9.69 Å². The molecule has 0 aromatic carbocycles. The lowest BCUT2D eigenvalue weighted by Gasteiger charge is -2.28. The van der Waals surface area contributed by atoms with E-state index in [1.807, 2.05) is 20.8 Å². The molecule has 2 saturated heterocycles. The van der Waals surface area contributed by atoms with Crippen LogP contribution in [0.5, 0.6) is 0 Å². The first-order valence-electron chi connectivity index (χ1n) is 6.46. The van der Waals surface area contributed by atoms with E-state index in [1.54, 1.807) is 4.90 Å². The zero-order chi connectivity index (χ0) is 13.5. The summed E-state index contributed by atoms with van der Waals surface area (Å²) in [7, 11) is 0. The standard InChI is InChI=1S/C13H21NO4/c1-8(15)17-11-7-9-5-6-10(11)14(9)12(16)18-13(2,3)4/h9-11H,5-7H2,1-4H3. The molecule has 0 radical (unpaired) electrons. The number of carbonyl (C=O) groups excluding carboxylic acids is 2. The maximum Gasteiger partial charge on any atom is 0.410 e. The molecule has 5 nitrogen and oxygen atoms in total. The van der Waals surface area contributed by atoms with E-state index in [4.69, 9.17) is 9.47 Å². The summed E-state index contributed by atoms with van der Waals surface area (Å²) in [5.41, 5.74) is -0.490. The highest BCUT2D eigenvalue weighted by Crippen LogP contribution is 2.40. The Balaban J connectivity index is 2.03. The van der Waals surface area contributed by atoms with Crippen molar-refractivity contribution in [2.24, 2.45) is 0 Å². The van der Waals surface area contributed by atoms with Crippen LogP contribution < -0.4 is 0 Å². The highest BCUT2D eigenvalue weighted by Gasteiger charge is 2.51. The Morgan fingerprint density at radius 2 is 1.89 bits per heavy atom. The molecule has 2 fully saturated rings. The molecule has 0 N–H and O–H groups in total. The molecule has 102 valence electrons. The Labute approximate surface area is 107 Å². The molecule has 0 saturated carbocycles. The lowest BCUT2D eigenvalue weighted by atomic mass is 9.98. The van der Waals surface area contributed by atoms with Crippen molar-refractivity contribution in [3.05, 3.63) is 0 Å². The number of fused-ring (bicyclic) bond motifs is 2. The second-order valence-electron chi connectivity index (χ2n) is 6.07. The van der Waals surface area contributed by atoms with E-state index in [0.29, 0.717) is 0 Å². The summed E-state index contributed by atoms with van der Waals surface area (Å²) in [5.74, 6) is -0.281. The third kappa shape index (κ3) is 2.60. The van der Waals surface area contributed by atoms with Gasteiger partial charge in [-0.25, -0.2) is 4.79 Å². The van der Waals surface area contributed by atoms with Gasteiger partial charge in [-0.05, 0) is 33.6 Å². The Morgan fingerprint density at radius 3 is 2.44 bits per heavy atom. The first-order chi connectivity index (χ1) is 8.28. The highest BCUT2D eigenvalue weighted by molar-refractivity contribution is 5.71. The maximum absolute atomic E-state index is 12.1. The van der Waals surface area contributed by atoms with Gasteiger partial charge in [-0.1, -0.05) is 0 Å². The minimum atomic E-state index is -0.490. The highest BCUT2D eigenvalue weighted by atomic mass is 16.6. The van der Waals surface area contributed by atoms with Crippen molar-refractivity contribution in [1.82, 2.24) is 4.90 Å². The lowest BCUT2D eigenvalue weighted by molar-refractivity contribution is -0.147. The van der Waals surface area contributed by atoms with Crippen molar-refractivity contribution in [3.8, 4) is 0 Å². The molecule has 2 aliphatic rings. The van der Waals surface area contributed by atoms with Crippen molar-refractivity contribution >= 4 is 12.1 Å². The Morgan fingerprint density at radius 1 is 1.22 bits per heavy atom. The van der Waals surface area contributed by atoms with Crippen LogP contribution in [-0.2, 0) is 14.3 Å². The smallest absolute Gasteiger partial charge is 0.410 e. The molecule has 3 atom stereocenters. The second-order valence-corrected chi connectivity index (χ2v) is 6.07. The largest absolute Gasteiger partial charge is 0.460 e. The van der Waals surface area contributed by atoms with Gasteiger partial charge in [0.25, 0.3) is 0 Å². The molecule has 2 rings (SSSR count). The maximum atomic E-state index is 12.1. The van der Waals surface area contributed by atoms with Crippen LogP contribution in [0.25, 0.3) is 0 Å². The van der Waals surface area contributed by atoms with Crippen molar-refractivity contribution in [2.45, 2.75) is 70.7 Å². The van der Waals surface area contributed by atoms with Crippen LogP contribution in [0, 0.1) is 0 Å². The average molecular weight is 255 g/mol. The predicted octanol–water partition coefficient (Wildman–Crippen LogP) is 2.09. The van der Waals surface area contributed by atoms with Crippen molar-refractivity contribution in [3.63, 3.8) is 0 Å². The minimum Gasteiger partial charge on any atom is -0.460 e. The van der Waals surface area contributed by atoms with E-state index < -0.39 is 5.60 Å². The number of hydrogen-bond donors (Lipinski definition) is 0. The Hall–Kier alpha value is -1.26. The second kappa shape index (κ2) is 4.44. The molecule has 2 aliphatic heterocycles. The third-order valence-electron chi connectivity index (χ3n) is 3.40. The number of hydrogen-bond acceptors (Lipinski definition) is 4. The third-order valence-corrected chi connectivity index (χ3v) is 3.40. The number of amides is 1. The van der Waals surface area contributed by atoms with Gasteiger partial charge in [0, 0.05) is 19.4 Å². The normalized spacial score (nSPS) is 30.4. The van der Waals surface area contributed by atoms with Crippen LogP contribution in [0.2, 0.25) is 0 Å². The summed E-state index contributed by atoms with van der Waals surface area (Å²) in [4.78, 5) is 24.9. The van der Waals surface area contributed by atoms with E-state index in [0.717, 1.165) is 19.3 Å². The van der Waals surface area contributed by atoms with Gasteiger partial charge >= 0.3 is 12.1 Å². The summed E-state index contributed by atoms with van der Waals surface area (Å²) >= 11 is 0. The van der Waals surface area contributed by atoms with E-state index in [-0.39, 0.29) is 30.3 Å². The number of ether oxygens (including phenoxy) is 2. The van der Waals surface area contributed by atoms with E-state index in [2.05, 4.69) is 0 Å². The van der Waals surface area contributed by atoms with Gasteiger partial charge in [0.1, 0.15) is 11.7 Å². The quantitative estimate of drug-likeness (QED) is 0.673. The van der Waals surface area contributed by atoms with Crippen LogP contribution in [0.3, 0.4) is 0 Å². The molecule has 5 heteroatoms. The summed E-state index contributed by atoms with van der Waals surface area (Å²) in [6, 6.07) is 0.156. The number of rotatable bonds is 1. The van der Waals surface area contributed by atoms with Crippen LogP contribution in [-0.4, -0.2) is 40.8 Å². The molecule has 0 aromatic rings. The first kappa shape index (κ1) is 13.2. The van der Waals surface area contributed by atoms with Gasteiger partial charge in [-0.2, -0.15) is 0 Å².